The quantitative estimate of drug-likeness (QED) is 0.852. The van der Waals surface area contributed by atoms with E-state index in [1.165, 1.54) is 12.8 Å². The second kappa shape index (κ2) is 4.95. The molecule has 3 atom stereocenters. The molecule has 116 valence electrons. The lowest BCUT2D eigenvalue weighted by Crippen LogP contribution is -2.63. The maximum absolute atomic E-state index is 13.1. The number of Topliss-reactive ketones (excluding diaryl/α,β-unsaturated/α-hetero) is 1. The van der Waals surface area contributed by atoms with Crippen molar-refractivity contribution < 1.29 is 9.90 Å². The minimum Gasteiger partial charge on any atom is -0.508 e. The molecular weight excluding hydrogens is 274 g/mol. The summed E-state index contributed by atoms with van der Waals surface area (Å²) < 4.78 is 0. The lowest BCUT2D eigenvalue weighted by atomic mass is 9.52. The highest BCUT2D eigenvalue weighted by Crippen LogP contribution is 2.56. The van der Waals surface area contributed by atoms with Gasteiger partial charge in [-0.2, -0.15) is 0 Å². The number of hydrogen-bond donors (Lipinski definition) is 1. The highest BCUT2D eigenvalue weighted by Gasteiger charge is 2.56. The van der Waals surface area contributed by atoms with Crippen molar-refractivity contribution >= 4 is 5.78 Å². The normalized spacial score (nSPS) is 33.9. The maximum Gasteiger partial charge on any atom is 0.180 e. The molecule has 4 rings (SSSR count). The first-order valence-electron chi connectivity index (χ1n) is 8.40. The van der Waals surface area contributed by atoms with Gasteiger partial charge in [0, 0.05) is 24.1 Å². The highest BCUT2D eigenvalue weighted by atomic mass is 16.3. The fourth-order valence-electron chi connectivity index (χ4n) is 5.28. The molecule has 22 heavy (non-hydrogen) atoms. The lowest BCUT2D eigenvalue weighted by molar-refractivity contribution is 0.00223. The number of phenols is 1. The van der Waals surface area contributed by atoms with Gasteiger partial charge >= 0.3 is 0 Å². The van der Waals surface area contributed by atoms with Crippen LogP contribution in [0.15, 0.2) is 30.9 Å². The van der Waals surface area contributed by atoms with E-state index in [4.69, 9.17) is 0 Å². The average Bonchev–Trinajstić information content (AvgIpc) is 2.53. The van der Waals surface area contributed by atoms with Crippen LogP contribution in [-0.4, -0.2) is 34.9 Å². The van der Waals surface area contributed by atoms with Crippen molar-refractivity contribution in [3.63, 3.8) is 0 Å². The Morgan fingerprint density at radius 3 is 3.05 bits per heavy atom. The van der Waals surface area contributed by atoms with Gasteiger partial charge in [0.2, 0.25) is 0 Å². The molecule has 1 aromatic rings. The lowest BCUT2D eigenvalue weighted by Gasteiger charge is -2.58. The highest BCUT2D eigenvalue weighted by molar-refractivity contribution is 6.04. The van der Waals surface area contributed by atoms with Gasteiger partial charge in [-0.3, -0.25) is 9.69 Å². The first kappa shape index (κ1) is 14.0. The van der Waals surface area contributed by atoms with Gasteiger partial charge < -0.3 is 5.11 Å². The van der Waals surface area contributed by atoms with Crippen LogP contribution in [0.1, 0.15) is 48.0 Å². The minimum absolute atomic E-state index is 0.00379. The zero-order valence-electron chi connectivity index (χ0n) is 12.9. The molecular formula is C19H23NO2. The van der Waals surface area contributed by atoms with Crippen LogP contribution in [0, 0.1) is 5.92 Å². The SMILES string of the molecule is C=CCN1CC[C@]23CCCC[C@H]2C1C(=O)c1ccc(O)cc13. The van der Waals surface area contributed by atoms with E-state index in [2.05, 4.69) is 11.5 Å². The number of ketones is 1. The molecule has 3 aliphatic rings. The predicted molar refractivity (Wildman–Crippen MR) is 86.2 cm³/mol. The zero-order valence-corrected chi connectivity index (χ0v) is 12.9. The summed E-state index contributed by atoms with van der Waals surface area (Å²) in [5.41, 5.74) is 2.06. The van der Waals surface area contributed by atoms with Crippen LogP contribution >= 0.6 is 0 Å². The molecule has 1 aliphatic heterocycles. The summed E-state index contributed by atoms with van der Waals surface area (Å²) in [5.74, 6) is 0.938. The van der Waals surface area contributed by atoms with Crippen molar-refractivity contribution in [2.24, 2.45) is 5.92 Å². The first-order valence-corrected chi connectivity index (χ1v) is 8.40. The Bertz CT molecular complexity index is 638. The molecule has 0 aromatic heterocycles. The van der Waals surface area contributed by atoms with E-state index >= 15 is 0 Å². The largest absolute Gasteiger partial charge is 0.508 e. The van der Waals surface area contributed by atoms with Crippen LogP contribution in [0.25, 0.3) is 0 Å². The van der Waals surface area contributed by atoms with E-state index in [0.29, 0.717) is 5.92 Å². The van der Waals surface area contributed by atoms with E-state index < -0.39 is 0 Å². The summed E-state index contributed by atoms with van der Waals surface area (Å²) >= 11 is 0. The Hall–Kier alpha value is -1.61. The van der Waals surface area contributed by atoms with Crippen LogP contribution in [0.4, 0.5) is 0 Å². The summed E-state index contributed by atoms with van der Waals surface area (Å²) in [5, 5.41) is 9.96. The summed E-state index contributed by atoms with van der Waals surface area (Å²) in [4.78, 5) is 15.4. The van der Waals surface area contributed by atoms with Gasteiger partial charge in [-0.15, -0.1) is 6.58 Å². The molecule has 1 aromatic carbocycles. The third-order valence-corrected chi connectivity index (χ3v) is 6.15. The molecule has 3 heteroatoms. The molecule has 1 saturated heterocycles. The molecule has 0 spiro atoms. The monoisotopic (exact) mass is 297 g/mol. The average molecular weight is 297 g/mol. The number of rotatable bonds is 2. The predicted octanol–water partition coefficient (Wildman–Crippen LogP) is 3.28. The Morgan fingerprint density at radius 1 is 1.36 bits per heavy atom. The number of nitrogens with zero attached hydrogens (tertiary/aromatic N) is 1. The van der Waals surface area contributed by atoms with Gasteiger partial charge in [0.15, 0.2) is 5.78 Å². The fraction of sp³-hybridized carbons (Fsp3) is 0.526. The van der Waals surface area contributed by atoms with E-state index in [9.17, 15) is 9.90 Å². The molecule has 1 N–H and O–H groups in total. The van der Waals surface area contributed by atoms with Gasteiger partial charge in [-0.05, 0) is 48.9 Å². The zero-order chi connectivity index (χ0) is 15.3. The Kier molecular flexibility index (Phi) is 3.15. The van der Waals surface area contributed by atoms with Crippen LogP contribution < -0.4 is 0 Å². The fourth-order valence-corrected chi connectivity index (χ4v) is 5.28. The number of piperidine rings is 1. The van der Waals surface area contributed by atoms with Crippen molar-refractivity contribution in [3.05, 3.63) is 42.0 Å². The van der Waals surface area contributed by atoms with Crippen LogP contribution in [0.2, 0.25) is 0 Å². The van der Waals surface area contributed by atoms with Gasteiger partial charge in [-0.25, -0.2) is 0 Å². The van der Waals surface area contributed by atoms with Gasteiger partial charge in [0.1, 0.15) is 5.75 Å². The van der Waals surface area contributed by atoms with Gasteiger partial charge in [-0.1, -0.05) is 18.9 Å². The van der Waals surface area contributed by atoms with Crippen molar-refractivity contribution in [3.8, 4) is 5.75 Å². The van der Waals surface area contributed by atoms with Crippen molar-refractivity contribution in [2.45, 2.75) is 43.6 Å². The third-order valence-electron chi connectivity index (χ3n) is 6.15. The smallest absolute Gasteiger partial charge is 0.180 e. The van der Waals surface area contributed by atoms with Crippen LogP contribution in [-0.2, 0) is 5.41 Å². The number of fused-ring (bicyclic) bond motifs is 1. The second-order valence-electron chi connectivity index (χ2n) is 7.08. The molecule has 2 fully saturated rings. The van der Waals surface area contributed by atoms with E-state index in [1.807, 2.05) is 18.2 Å². The molecule has 1 unspecified atom stereocenters. The number of carbonyl (C=O) groups excluding carboxylic acids is 1. The van der Waals surface area contributed by atoms with Gasteiger partial charge in [0.05, 0.1) is 6.04 Å². The Balaban J connectivity index is 1.90. The molecule has 3 nitrogen and oxygen atoms in total. The Labute approximate surface area is 131 Å². The molecule has 2 aliphatic carbocycles. The van der Waals surface area contributed by atoms with Crippen LogP contribution in [0.3, 0.4) is 0 Å². The number of carbonyl (C=O) groups is 1. The minimum atomic E-state index is 0.00379. The van der Waals surface area contributed by atoms with Crippen molar-refractivity contribution in [2.75, 3.05) is 13.1 Å². The number of aromatic hydroxyl groups is 1. The summed E-state index contributed by atoms with van der Waals surface area (Å²) in [6.45, 7) is 5.60. The summed E-state index contributed by atoms with van der Waals surface area (Å²) in [6, 6.07) is 5.36. The number of phenolic OH excluding ortho intramolecular Hbond substituents is 1. The van der Waals surface area contributed by atoms with Gasteiger partial charge in [0.25, 0.3) is 0 Å². The molecule has 0 radical (unpaired) electrons. The van der Waals surface area contributed by atoms with Crippen molar-refractivity contribution in [1.29, 1.82) is 0 Å². The molecule has 2 bridgehead atoms. The molecule has 1 heterocycles. The number of likely N-dealkylation sites (tertiary alicyclic amines) is 1. The Morgan fingerprint density at radius 2 is 2.23 bits per heavy atom. The van der Waals surface area contributed by atoms with E-state index in [1.54, 1.807) is 6.07 Å². The molecule has 1 saturated carbocycles. The first-order chi connectivity index (χ1) is 10.7. The van der Waals surface area contributed by atoms with Crippen LogP contribution in [0.5, 0.6) is 5.75 Å². The standard InChI is InChI=1S/C19H23NO2/c1-2-10-20-11-9-19-8-4-3-5-15(19)17(20)18(22)14-7-6-13(21)12-16(14)19/h2,6-7,12,15,17,21H,1,3-5,8-11H2/t15-,17?,19+/m0/s1. The number of hydrogen-bond acceptors (Lipinski definition) is 3. The topological polar surface area (TPSA) is 40.5 Å². The van der Waals surface area contributed by atoms with Crippen molar-refractivity contribution in [1.82, 2.24) is 4.90 Å². The summed E-state index contributed by atoms with van der Waals surface area (Å²) in [7, 11) is 0. The molecule has 0 amide bonds. The second-order valence-corrected chi connectivity index (χ2v) is 7.08. The maximum atomic E-state index is 13.1. The third kappa shape index (κ3) is 1.75. The number of benzene rings is 1. The van der Waals surface area contributed by atoms with E-state index in [0.717, 1.165) is 43.5 Å². The van der Waals surface area contributed by atoms with E-state index in [-0.39, 0.29) is 23.0 Å². The summed E-state index contributed by atoms with van der Waals surface area (Å²) in [6.07, 6.45) is 7.72.